The molecular formula is C18H18N2O5. The van der Waals surface area contributed by atoms with Crippen molar-refractivity contribution in [1.29, 1.82) is 0 Å². The number of hydrogen-bond acceptors (Lipinski definition) is 5. The average molecular weight is 342 g/mol. The Morgan fingerprint density at radius 1 is 1.32 bits per heavy atom. The molecule has 130 valence electrons. The number of carbonyl (C=O) groups is 2. The molecule has 0 fully saturated rings. The first-order chi connectivity index (χ1) is 11.8. The molecule has 1 aromatic carbocycles. The van der Waals surface area contributed by atoms with Crippen molar-refractivity contribution in [2.24, 2.45) is 0 Å². The van der Waals surface area contributed by atoms with Crippen LogP contribution in [0.15, 0.2) is 30.3 Å². The second-order valence-corrected chi connectivity index (χ2v) is 5.40. The summed E-state index contributed by atoms with van der Waals surface area (Å²) in [6, 6.07) is 5.96. The highest BCUT2D eigenvalue weighted by Crippen LogP contribution is 2.20. The van der Waals surface area contributed by atoms with E-state index in [1.807, 2.05) is 0 Å². The lowest BCUT2D eigenvalue weighted by Gasteiger charge is -2.02. The molecule has 2 aromatic rings. The van der Waals surface area contributed by atoms with Crippen LogP contribution in [-0.4, -0.2) is 28.3 Å². The first kappa shape index (κ1) is 18.1. The largest absolute Gasteiger partial charge is 0.462 e. The van der Waals surface area contributed by atoms with Gasteiger partial charge < -0.3 is 9.72 Å². The summed E-state index contributed by atoms with van der Waals surface area (Å²) in [7, 11) is 0. The first-order valence-corrected chi connectivity index (χ1v) is 7.68. The SMILES string of the molecule is CCOC(=O)c1c(C)[nH]c(C(=O)/C=C/c2cccc([N+](=O)[O-])c2)c1C. The summed E-state index contributed by atoms with van der Waals surface area (Å²) in [6.45, 7) is 5.33. The van der Waals surface area contributed by atoms with Gasteiger partial charge in [-0.05, 0) is 38.0 Å². The number of nitro benzene ring substituents is 1. The zero-order chi connectivity index (χ0) is 18.6. The number of non-ortho nitro benzene ring substituents is 1. The molecule has 2 rings (SSSR count). The van der Waals surface area contributed by atoms with Crippen molar-refractivity contribution in [2.75, 3.05) is 6.61 Å². The Kier molecular flexibility index (Phi) is 5.49. The predicted molar refractivity (Wildman–Crippen MR) is 92.7 cm³/mol. The Hall–Kier alpha value is -3.22. The van der Waals surface area contributed by atoms with Crippen molar-refractivity contribution in [3.05, 3.63) is 68.5 Å². The van der Waals surface area contributed by atoms with Gasteiger partial charge in [0.2, 0.25) is 5.78 Å². The van der Waals surface area contributed by atoms with E-state index < -0.39 is 10.9 Å². The third-order valence-corrected chi connectivity index (χ3v) is 3.67. The number of ether oxygens (including phenoxy) is 1. The zero-order valence-electron chi connectivity index (χ0n) is 14.2. The standard InChI is InChI=1S/C18H18N2O5/c1-4-25-18(22)16-11(2)17(19-12(16)3)15(21)9-8-13-6-5-7-14(10-13)20(23)24/h5-10,19H,4H2,1-3H3/b9-8+. The fraction of sp³-hybridized carbons (Fsp3) is 0.222. The van der Waals surface area contributed by atoms with Crippen molar-refractivity contribution < 1.29 is 19.2 Å². The number of nitrogens with zero attached hydrogens (tertiary/aromatic N) is 1. The van der Waals surface area contributed by atoms with Crippen LogP contribution in [0.3, 0.4) is 0 Å². The molecule has 1 N–H and O–H groups in total. The number of allylic oxidation sites excluding steroid dienone is 1. The number of carbonyl (C=O) groups excluding carboxylic acids is 2. The molecule has 0 bridgehead atoms. The van der Waals surface area contributed by atoms with E-state index in [1.54, 1.807) is 32.9 Å². The van der Waals surface area contributed by atoms with Gasteiger partial charge in [-0.15, -0.1) is 0 Å². The van der Waals surface area contributed by atoms with E-state index >= 15 is 0 Å². The van der Waals surface area contributed by atoms with Gasteiger partial charge in [0.25, 0.3) is 5.69 Å². The molecule has 0 unspecified atom stereocenters. The Labute approximate surface area is 144 Å². The lowest BCUT2D eigenvalue weighted by Crippen LogP contribution is -2.07. The van der Waals surface area contributed by atoms with E-state index in [-0.39, 0.29) is 18.1 Å². The maximum atomic E-state index is 12.4. The van der Waals surface area contributed by atoms with Crippen LogP contribution in [0.2, 0.25) is 0 Å². The van der Waals surface area contributed by atoms with Crippen molar-refractivity contribution in [3.8, 4) is 0 Å². The lowest BCUT2D eigenvalue weighted by molar-refractivity contribution is -0.384. The number of benzene rings is 1. The monoisotopic (exact) mass is 342 g/mol. The molecule has 7 heteroatoms. The number of aromatic nitrogens is 1. The quantitative estimate of drug-likeness (QED) is 0.284. The molecule has 0 radical (unpaired) electrons. The number of H-pyrrole nitrogens is 1. The maximum Gasteiger partial charge on any atom is 0.340 e. The molecule has 25 heavy (non-hydrogen) atoms. The summed E-state index contributed by atoms with van der Waals surface area (Å²) in [5.41, 5.74) is 2.21. The van der Waals surface area contributed by atoms with E-state index in [9.17, 15) is 19.7 Å². The number of aromatic amines is 1. The minimum absolute atomic E-state index is 0.0499. The average Bonchev–Trinajstić information content (AvgIpc) is 2.87. The normalized spacial score (nSPS) is 10.8. The highest BCUT2D eigenvalue weighted by atomic mass is 16.6. The van der Waals surface area contributed by atoms with Crippen LogP contribution in [0.1, 0.15) is 44.6 Å². The second-order valence-electron chi connectivity index (χ2n) is 5.40. The van der Waals surface area contributed by atoms with Crippen molar-refractivity contribution in [2.45, 2.75) is 20.8 Å². The van der Waals surface area contributed by atoms with Crippen LogP contribution in [0, 0.1) is 24.0 Å². The Morgan fingerprint density at radius 2 is 2.04 bits per heavy atom. The number of ketones is 1. The Bertz CT molecular complexity index is 864. The van der Waals surface area contributed by atoms with Gasteiger partial charge in [-0.3, -0.25) is 14.9 Å². The third-order valence-electron chi connectivity index (χ3n) is 3.67. The first-order valence-electron chi connectivity index (χ1n) is 7.68. The molecule has 0 aliphatic carbocycles. The molecular weight excluding hydrogens is 324 g/mol. The molecule has 0 amide bonds. The summed E-state index contributed by atoms with van der Waals surface area (Å²) in [5.74, 6) is -0.807. The van der Waals surface area contributed by atoms with Gasteiger partial charge >= 0.3 is 5.97 Å². The molecule has 0 atom stereocenters. The molecule has 7 nitrogen and oxygen atoms in total. The molecule has 0 aliphatic rings. The molecule has 0 saturated heterocycles. The van der Waals surface area contributed by atoms with Crippen LogP contribution in [0.4, 0.5) is 5.69 Å². The van der Waals surface area contributed by atoms with Gasteiger partial charge in [0.1, 0.15) is 0 Å². The Morgan fingerprint density at radius 3 is 2.68 bits per heavy atom. The summed E-state index contributed by atoms with van der Waals surface area (Å²) in [5, 5.41) is 10.8. The molecule has 1 aromatic heterocycles. The highest BCUT2D eigenvalue weighted by Gasteiger charge is 2.21. The maximum absolute atomic E-state index is 12.4. The second kappa shape index (κ2) is 7.57. The summed E-state index contributed by atoms with van der Waals surface area (Å²) in [4.78, 5) is 37.6. The molecule has 0 saturated carbocycles. The van der Waals surface area contributed by atoms with E-state index in [0.29, 0.717) is 28.1 Å². The molecule has 0 aliphatic heterocycles. The van der Waals surface area contributed by atoms with Crippen LogP contribution in [0.25, 0.3) is 6.08 Å². The van der Waals surface area contributed by atoms with Gasteiger partial charge in [-0.1, -0.05) is 18.2 Å². The third kappa shape index (κ3) is 4.00. The minimum atomic E-state index is -0.497. The van der Waals surface area contributed by atoms with Crippen LogP contribution in [0.5, 0.6) is 0 Å². The van der Waals surface area contributed by atoms with Crippen LogP contribution < -0.4 is 0 Å². The van der Waals surface area contributed by atoms with Gasteiger partial charge in [-0.25, -0.2) is 4.79 Å². The summed E-state index contributed by atoms with van der Waals surface area (Å²) < 4.78 is 5.00. The summed E-state index contributed by atoms with van der Waals surface area (Å²) >= 11 is 0. The van der Waals surface area contributed by atoms with Crippen molar-refractivity contribution in [3.63, 3.8) is 0 Å². The fourth-order valence-electron chi connectivity index (χ4n) is 2.50. The van der Waals surface area contributed by atoms with E-state index in [1.165, 1.54) is 24.3 Å². The van der Waals surface area contributed by atoms with Gasteiger partial charge in [0.15, 0.2) is 0 Å². The van der Waals surface area contributed by atoms with Gasteiger partial charge in [0.05, 0.1) is 22.8 Å². The van der Waals surface area contributed by atoms with E-state index in [2.05, 4.69) is 4.98 Å². The van der Waals surface area contributed by atoms with Crippen molar-refractivity contribution >= 4 is 23.5 Å². The zero-order valence-corrected chi connectivity index (χ0v) is 14.2. The number of rotatable bonds is 6. The van der Waals surface area contributed by atoms with Gasteiger partial charge in [-0.2, -0.15) is 0 Å². The smallest absolute Gasteiger partial charge is 0.340 e. The topological polar surface area (TPSA) is 102 Å². The summed E-state index contributed by atoms with van der Waals surface area (Å²) in [6.07, 6.45) is 2.81. The number of hydrogen-bond donors (Lipinski definition) is 1. The molecule has 0 spiro atoms. The van der Waals surface area contributed by atoms with Gasteiger partial charge in [0, 0.05) is 17.8 Å². The highest BCUT2D eigenvalue weighted by molar-refractivity contribution is 6.08. The number of nitro groups is 1. The lowest BCUT2D eigenvalue weighted by atomic mass is 10.1. The van der Waals surface area contributed by atoms with Crippen LogP contribution >= 0.6 is 0 Å². The fourth-order valence-corrected chi connectivity index (χ4v) is 2.50. The number of aryl methyl sites for hydroxylation is 1. The minimum Gasteiger partial charge on any atom is -0.462 e. The molecule has 1 heterocycles. The Balaban J connectivity index is 2.27. The van der Waals surface area contributed by atoms with Crippen molar-refractivity contribution in [1.82, 2.24) is 4.98 Å². The van der Waals surface area contributed by atoms with Crippen LogP contribution in [-0.2, 0) is 4.74 Å². The number of esters is 1. The number of nitrogens with one attached hydrogen (secondary N) is 1. The predicted octanol–water partition coefficient (Wildman–Crippen LogP) is 3.61. The van der Waals surface area contributed by atoms with E-state index in [4.69, 9.17) is 4.74 Å². The van der Waals surface area contributed by atoms with E-state index in [0.717, 1.165) is 0 Å².